The number of fused-ring (bicyclic) bond motifs is 1. The van der Waals surface area contributed by atoms with Crippen LogP contribution in [0.1, 0.15) is 25.7 Å². The minimum absolute atomic E-state index is 0.196. The monoisotopic (exact) mass is 462 g/mol. The first kappa shape index (κ1) is 20.4. The van der Waals surface area contributed by atoms with Gasteiger partial charge >= 0.3 is 6.03 Å². The predicted octanol–water partition coefficient (Wildman–Crippen LogP) is 4.96. The summed E-state index contributed by atoms with van der Waals surface area (Å²) in [4.78, 5) is 31.8. The summed E-state index contributed by atoms with van der Waals surface area (Å²) in [6, 6.07) is 11.7. The lowest BCUT2D eigenvalue weighted by Gasteiger charge is -2.29. The van der Waals surface area contributed by atoms with E-state index < -0.39 is 6.04 Å². The van der Waals surface area contributed by atoms with E-state index in [4.69, 9.17) is 11.6 Å². The molecule has 3 rings (SSSR count). The van der Waals surface area contributed by atoms with Crippen molar-refractivity contribution in [1.29, 1.82) is 0 Å². The van der Waals surface area contributed by atoms with Crippen LogP contribution in [-0.2, 0) is 7.05 Å². The summed E-state index contributed by atoms with van der Waals surface area (Å²) < 4.78 is 2.34. The van der Waals surface area contributed by atoms with Crippen LogP contribution in [0.5, 0.6) is 0 Å². The van der Waals surface area contributed by atoms with E-state index in [9.17, 15) is 9.59 Å². The predicted molar refractivity (Wildman–Crippen MR) is 116 cm³/mol. The zero-order chi connectivity index (χ0) is 20.4. The normalized spacial score (nSPS) is 12.0. The van der Waals surface area contributed by atoms with Gasteiger partial charge in [-0.25, -0.2) is 9.78 Å². The highest BCUT2D eigenvalue weighted by Crippen LogP contribution is 2.22. The highest BCUT2D eigenvalue weighted by Gasteiger charge is 2.24. The van der Waals surface area contributed by atoms with Crippen molar-refractivity contribution in [3.05, 3.63) is 68.1 Å². The molecule has 146 valence electrons. The van der Waals surface area contributed by atoms with Crippen LogP contribution in [0.25, 0.3) is 10.9 Å². The van der Waals surface area contributed by atoms with Gasteiger partial charge < -0.3 is 10.2 Å². The summed E-state index contributed by atoms with van der Waals surface area (Å²) in [7, 11) is 1.65. The molecule has 8 heteroatoms. The van der Waals surface area contributed by atoms with Gasteiger partial charge in [0.05, 0.1) is 16.9 Å². The van der Waals surface area contributed by atoms with Crippen LogP contribution < -0.4 is 10.9 Å². The molecule has 2 amide bonds. The fourth-order valence-corrected chi connectivity index (χ4v) is 3.70. The number of hydrogen-bond acceptors (Lipinski definition) is 3. The number of benzene rings is 2. The Morgan fingerprint density at radius 3 is 2.75 bits per heavy atom. The summed E-state index contributed by atoms with van der Waals surface area (Å²) in [6.45, 7) is 4.19. The van der Waals surface area contributed by atoms with Crippen LogP contribution in [0.3, 0.4) is 0 Å². The van der Waals surface area contributed by atoms with Crippen molar-refractivity contribution in [3.63, 3.8) is 0 Å². The third-order valence-corrected chi connectivity index (χ3v) is 5.32. The van der Waals surface area contributed by atoms with Gasteiger partial charge in [0.1, 0.15) is 5.82 Å². The van der Waals surface area contributed by atoms with Gasteiger partial charge in [0.2, 0.25) is 0 Å². The van der Waals surface area contributed by atoms with Gasteiger partial charge in [-0.3, -0.25) is 9.36 Å². The lowest BCUT2D eigenvalue weighted by molar-refractivity contribution is 0.193. The molecule has 0 bridgehead atoms. The SMILES string of the molecule is CCN(C(=O)Nc1cccc(Br)c1)C(C)c1nc2ccc(Cl)cc2c(=O)n1C. The van der Waals surface area contributed by atoms with E-state index in [2.05, 4.69) is 26.2 Å². The lowest BCUT2D eigenvalue weighted by Crippen LogP contribution is -2.39. The fraction of sp³-hybridized carbons (Fsp3) is 0.250. The maximum absolute atomic E-state index is 12.8. The minimum Gasteiger partial charge on any atom is -0.315 e. The molecule has 3 aromatic rings. The minimum atomic E-state index is -0.407. The number of anilines is 1. The van der Waals surface area contributed by atoms with Gasteiger partial charge in [-0.1, -0.05) is 33.6 Å². The number of amides is 2. The average Bonchev–Trinajstić information content (AvgIpc) is 2.65. The molecule has 0 aliphatic rings. The van der Waals surface area contributed by atoms with Crippen LogP contribution in [-0.4, -0.2) is 27.0 Å². The van der Waals surface area contributed by atoms with Gasteiger partial charge in [0.25, 0.3) is 5.56 Å². The Hall–Kier alpha value is -2.38. The number of carbonyl (C=O) groups is 1. The molecule has 1 atom stereocenters. The van der Waals surface area contributed by atoms with E-state index in [0.29, 0.717) is 34.0 Å². The van der Waals surface area contributed by atoms with E-state index in [1.165, 1.54) is 4.57 Å². The molecular weight excluding hydrogens is 444 g/mol. The Morgan fingerprint density at radius 2 is 2.07 bits per heavy atom. The quantitative estimate of drug-likeness (QED) is 0.594. The summed E-state index contributed by atoms with van der Waals surface area (Å²) in [5.74, 6) is 0.506. The van der Waals surface area contributed by atoms with Gasteiger partial charge in [-0.05, 0) is 50.2 Å². The Kier molecular flexibility index (Phi) is 6.05. The van der Waals surface area contributed by atoms with Crippen LogP contribution in [0.4, 0.5) is 10.5 Å². The number of urea groups is 1. The molecule has 0 aliphatic heterocycles. The molecule has 1 heterocycles. The second-order valence-electron chi connectivity index (χ2n) is 6.40. The van der Waals surface area contributed by atoms with Crippen molar-refractivity contribution in [2.75, 3.05) is 11.9 Å². The maximum Gasteiger partial charge on any atom is 0.322 e. The summed E-state index contributed by atoms with van der Waals surface area (Å²) in [5.41, 5.74) is 1.04. The molecule has 1 N–H and O–H groups in total. The summed E-state index contributed by atoms with van der Waals surface area (Å²) >= 11 is 9.40. The topological polar surface area (TPSA) is 67.2 Å². The lowest BCUT2D eigenvalue weighted by atomic mass is 10.2. The zero-order valence-electron chi connectivity index (χ0n) is 15.7. The molecule has 2 aromatic carbocycles. The first-order valence-electron chi connectivity index (χ1n) is 8.81. The number of nitrogens with zero attached hydrogens (tertiary/aromatic N) is 3. The van der Waals surface area contributed by atoms with Crippen molar-refractivity contribution >= 4 is 50.2 Å². The number of hydrogen-bond donors (Lipinski definition) is 1. The van der Waals surface area contributed by atoms with Crippen LogP contribution in [0.15, 0.2) is 51.7 Å². The van der Waals surface area contributed by atoms with Crippen molar-refractivity contribution in [3.8, 4) is 0 Å². The Labute approximate surface area is 176 Å². The van der Waals surface area contributed by atoms with Crippen molar-refractivity contribution in [2.24, 2.45) is 7.05 Å². The molecule has 0 saturated heterocycles. The molecule has 0 aliphatic carbocycles. The largest absolute Gasteiger partial charge is 0.322 e. The Morgan fingerprint density at radius 1 is 1.32 bits per heavy atom. The van der Waals surface area contributed by atoms with Gasteiger partial charge in [-0.15, -0.1) is 0 Å². The first-order chi connectivity index (χ1) is 13.3. The van der Waals surface area contributed by atoms with Crippen molar-refractivity contribution in [1.82, 2.24) is 14.5 Å². The van der Waals surface area contributed by atoms with Crippen molar-refractivity contribution < 1.29 is 4.79 Å². The number of rotatable bonds is 4. The van der Waals surface area contributed by atoms with Gasteiger partial charge in [0, 0.05) is 28.8 Å². The summed E-state index contributed by atoms with van der Waals surface area (Å²) in [6.07, 6.45) is 0. The number of halogens is 2. The fourth-order valence-electron chi connectivity index (χ4n) is 3.13. The van der Waals surface area contributed by atoms with Crippen LogP contribution in [0, 0.1) is 0 Å². The molecule has 0 spiro atoms. The number of nitrogens with one attached hydrogen (secondary N) is 1. The van der Waals surface area contributed by atoms with E-state index in [1.807, 2.05) is 38.1 Å². The maximum atomic E-state index is 12.8. The smallest absolute Gasteiger partial charge is 0.315 e. The van der Waals surface area contributed by atoms with E-state index in [-0.39, 0.29) is 11.6 Å². The first-order valence-corrected chi connectivity index (χ1v) is 9.98. The number of carbonyl (C=O) groups excluding carboxylic acids is 1. The van der Waals surface area contributed by atoms with Gasteiger partial charge in [-0.2, -0.15) is 0 Å². The average molecular weight is 464 g/mol. The number of aromatic nitrogens is 2. The molecule has 0 fully saturated rings. The highest BCUT2D eigenvalue weighted by molar-refractivity contribution is 9.10. The molecule has 0 saturated carbocycles. The highest BCUT2D eigenvalue weighted by atomic mass is 79.9. The van der Waals surface area contributed by atoms with E-state index in [1.54, 1.807) is 30.1 Å². The van der Waals surface area contributed by atoms with E-state index in [0.717, 1.165) is 4.47 Å². The third-order valence-electron chi connectivity index (χ3n) is 4.59. The van der Waals surface area contributed by atoms with Gasteiger partial charge in [0.15, 0.2) is 0 Å². The standard InChI is InChI=1S/C20H20BrClN4O2/c1-4-26(20(28)23-15-7-5-6-13(21)10-15)12(2)18-24-17-9-8-14(22)11-16(17)19(27)25(18)3/h5-12H,4H2,1-3H3,(H,23,28). The Balaban J connectivity index is 1.95. The molecule has 0 radical (unpaired) electrons. The second kappa shape index (κ2) is 8.32. The molecular formula is C20H20BrClN4O2. The molecule has 28 heavy (non-hydrogen) atoms. The molecule has 6 nitrogen and oxygen atoms in total. The summed E-state index contributed by atoms with van der Waals surface area (Å²) in [5, 5.41) is 3.82. The van der Waals surface area contributed by atoms with Crippen LogP contribution in [0.2, 0.25) is 5.02 Å². The van der Waals surface area contributed by atoms with Crippen LogP contribution >= 0.6 is 27.5 Å². The van der Waals surface area contributed by atoms with E-state index >= 15 is 0 Å². The third kappa shape index (κ3) is 4.05. The second-order valence-corrected chi connectivity index (χ2v) is 7.75. The molecule has 1 aromatic heterocycles. The zero-order valence-corrected chi connectivity index (χ0v) is 18.1. The molecule has 1 unspecified atom stereocenters. The van der Waals surface area contributed by atoms with Crippen molar-refractivity contribution in [2.45, 2.75) is 19.9 Å². The Bertz CT molecular complexity index is 1100.